The van der Waals surface area contributed by atoms with Gasteiger partial charge in [0.05, 0.1) is 5.92 Å². The van der Waals surface area contributed by atoms with Crippen LogP contribution < -0.4 is 5.32 Å². The molecule has 1 amide bonds. The van der Waals surface area contributed by atoms with Gasteiger partial charge >= 0.3 is 12.1 Å². The quantitative estimate of drug-likeness (QED) is 0.235. The molecule has 2 fully saturated rings. The van der Waals surface area contributed by atoms with Crippen molar-refractivity contribution in [2.45, 2.75) is 76.9 Å². The summed E-state index contributed by atoms with van der Waals surface area (Å²) >= 11 is 0. The Bertz CT molecular complexity index is 539. The Kier molecular flexibility index (Phi) is 10.2. The van der Waals surface area contributed by atoms with E-state index in [2.05, 4.69) is 5.32 Å². The summed E-state index contributed by atoms with van der Waals surface area (Å²) in [6, 6.07) is 0. The molecule has 0 aromatic heterocycles. The van der Waals surface area contributed by atoms with Crippen LogP contribution >= 0.6 is 8.38 Å². The first kappa shape index (κ1) is 23.0. The maximum Gasteiger partial charge on any atom is 0.412 e. The predicted molar refractivity (Wildman–Crippen MR) is 103 cm³/mol. The summed E-state index contributed by atoms with van der Waals surface area (Å²) in [5.41, 5.74) is 1.01. The van der Waals surface area contributed by atoms with Crippen molar-refractivity contribution in [3.05, 3.63) is 11.4 Å². The number of alkyl carbamates (subject to hydrolysis) is 1. The second-order valence-electron chi connectivity index (χ2n) is 7.61. The second-order valence-corrected chi connectivity index (χ2v) is 8.51. The minimum absolute atomic E-state index is 0.128. The van der Waals surface area contributed by atoms with E-state index in [1.165, 1.54) is 5.82 Å². The number of ether oxygens (including phenoxy) is 2. The highest BCUT2D eigenvalue weighted by atomic mass is 31.2. The van der Waals surface area contributed by atoms with Gasteiger partial charge in [0.15, 0.2) is 14.7 Å². The molecule has 0 spiro atoms. The molecule has 2 aliphatic carbocycles. The fourth-order valence-electron chi connectivity index (χ4n) is 3.94. The molecule has 0 aromatic carbocycles. The van der Waals surface area contributed by atoms with Crippen LogP contribution in [0.2, 0.25) is 0 Å². The van der Waals surface area contributed by atoms with Crippen LogP contribution in [-0.4, -0.2) is 34.9 Å². The Labute approximate surface area is 166 Å². The molecule has 2 atom stereocenters. The van der Waals surface area contributed by atoms with Gasteiger partial charge in [-0.25, -0.2) is 9.18 Å². The molecule has 0 heterocycles. The molecule has 28 heavy (non-hydrogen) atoms. The fraction of sp³-hybridized carbons (Fsp3) is 0.789. The van der Waals surface area contributed by atoms with Gasteiger partial charge in [0, 0.05) is 0 Å². The van der Waals surface area contributed by atoms with E-state index in [-0.39, 0.29) is 24.2 Å². The Hall–Kier alpha value is -1.24. The highest BCUT2D eigenvalue weighted by molar-refractivity contribution is 7.48. The van der Waals surface area contributed by atoms with Gasteiger partial charge in [-0.15, -0.1) is 0 Å². The lowest BCUT2D eigenvalue weighted by molar-refractivity contribution is -0.158. The van der Waals surface area contributed by atoms with Crippen LogP contribution in [0.4, 0.5) is 9.18 Å². The highest BCUT2D eigenvalue weighted by Gasteiger charge is 2.23. The summed E-state index contributed by atoms with van der Waals surface area (Å²) < 4.78 is 23.7. The van der Waals surface area contributed by atoms with Gasteiger partial charge < -0.3 is 19.3 Å². The van der Waals surface area contributed by atoms with Crippen LogP contribution in [0.5, 0.6) is 0 Å². The van der Waals surface area contributed by atoms with Gasteiger partial charge in [-0.2, -0.15) is 0 Å². The summed E-state index contributed by atoms with van der Waals surface area (Å²) in [4.78, 5) is 41.6. The fourth-order valence-corrected chi connectivity index (χ4v) is 4.50. The first-order valence-corrected chi connectivity index (χ1v) is 11.4. The van der Waals surface area contributed by atoms with Crippen molar-refractivity contribution in [3.8, 4) is 0 Å². The molecule has 0 aliphatic heterocycles. The van der Waals surface area contributed by atoms with Crippen molar-refractivity contribution in [1.29, 1.82) is 0 Å². The number of carbonyl (C=O) groups is 2. The second kappa shape index (κ2) is 12.3. The standard InChI is InChI=1S/C19H31FNO6P/c20-17(10-9-14-5-4-6-15(11-14)12-28(24)25)21-19(23)27-13-26-18(22)16-7-2-1-3-8-16/h12,14,16-17,24-25H,1-11,13H2,(H,21,23). The number of halogens is 1. The molecule has 0 radical (unpaired) electrons. The number of alkyl halides is 1. The van der Waals surface area contributed by atoms with Gasteiger partial charge in [0.25, 0.3) is 0 Å². The molecule has 2 aliphatic rings. The van der Waals surface area contributed by atoms with Gasteiger partial charge in [-0.1, -0.05) is 24.8 Å². The van der Waals surface area contributed by atoms with E-state index in [1.807, 2.05) is 0 Å². The van der Waals surface area contributed by atoms with E-state index in [9.17, 15) is 14.0 Å². The van der Waals surface area contributed by atoms with E-state index < -0.39 is 27.6 Å². The Morgan fingerprint density at radius 1 is 1.18 bits per heavy atom. The zero-order chi connectivity index (χ0) is 20.4. The molecule has 0 saturated heterocycles. The SMILES string of the molecule is O=C(NC(F)CCC1CCCC(=CP(O)O)C1)OCOC(=O)C1CCCCC1. The van der Waals surface area contributed by atoms with Crippen molar-refractivity contribution in [1.82, 2.24) is 5.32 Å². The van der Waals surface area contributed by atoms with Crippen LogP contribution in [0.3, 0.4) is 0 Å². The van der Waals surface area contributed by atoms with Gasteiger partial charge in [0.1, 0.15) is 0 Å². The number of rotatable bonds is 8. The van der Waals surface area contributed by atoms with Crippen LogP contribution in [0, 0.1) is 11.8 Å². The van der Waals surface area contributed by atoms with Crippen LogP contribution in [0.15, 0.2) is 11.4 Å². The van der Waals surface area contributed by atoms with Crippen molar-refractivity contribution in [2.75, 3.05) is 6.79 Å². The van der Waals surface area contributed by atoms with E-state index in [1.54, 1.807) is 0 Å². The minimum Gasteiger partial charge on any atom is -0.428 e. The third-order valence-electron chi connectivity index (χ3n) is 5.39. The van der Waals surface area contributed by atoms with E-state index >= 15 is 0 Å². The molecule has 0 aromatic rings. The molecular weight excluding hydrogens is 388 g/mol. The van der Waals surface area contributed by atoms with Gasteiger partial charge in [0.2, 0.25) is 6.79 Å². The maximum atomic E-state index is 14.0. The number of allylic oxidation sites excluding steroid dienone is 1. The summed E-state index contributed by atoms with van der Waals surface area (Å²) in [6.45, 7) is -0.504. The first-order valence-electron chi connectivity index (χ1n) is 10.0. The largest absolute Gasteiger partial charge is 0.428 e. The molecule has 160 valence electrons. The van der Waals surface area contributed by atoms with E-state index in [0.717, 1.165) is 63.4 Å². The lowest BCUT2D eigenvalue weighted by Gasteiger charge is -2.25. The third kappa shape index (κ3) is 8.84. The zero-order valence-corrected chi connectivity index (χ0v) is 17.0. The van der Waals surface area contributed by atoms with Gasteiger partial charge in [-0.05, 0) is 63.1 Å². The lowest BCUT2D eigenvalue weighted by Crippen LogP contribution is -2.33. The zero-order valence-electron chi connectivity index (χ0n) is 16.1. The summed E-state index contributed by atoms with van der Waals surface area (Å²) in [7, 11) is -2.04. The van der Waals surface area contributed by atoms with Crippen molar-refractivity contribution < 1.29 is 33.2 Å². The number of esters is 1. The summed E-state index contributed by atoms with van der Waals surface area (Å²) in [6.07, 6.45) is 6.47. The van der Waals surface area contributed by atoms with Crippen LogP contribution in [0.25, 0.3) is 0 Å². The minimum atomic E-state index is -2.04. The molecule has 7 nitrogen and oxygen atoms in total. The smallest absolute Gasteiger partial charge is 0.412 e. The Morgan fingerprint density at radius 3 is 2.64 bits per heavy atom. The molecule has 0 bridgehead atoms. The number of nitrogens with one attached hydrogen (secondary N) is 1. The first-order chi connectivity index (χ1) is 13.4. The Morgan fingerprint density at radius 2 is 1.93 bits per heavy atom. The van der Waals surface area contributed by atoms with Crippen molar-refractivity contribution >= 4 is 20.4 Å². The molecule has 2 rings (SSSR count). The summed E-state index contributed by atoms with van der Waals surface area (Å²) in [5, 5.41) is 2.11. The molecular formula is C19H31FNO6P. The van der Waals surface area contributed by atoms with E-state index in [4.69, 9.17) is 19.3 Å². The average molecular weight is 419 g/mol. The number of carbonyl (C=O) groups excluding carboxylic acids is 2. The van der Waals surface area contributed by atoms with E-state index in [0.29, 0.717) is 6.42 Å². The van der Waals surface area contributed by atoms with Crippen molar-refractivity contribution in [3.63, 3.8) is 0 Å². The lowest BCUT2D eigenvalue weighted by atomic mass is 9.83. The van der Waals surface area contributed by atoms with Crippen LogP contribution in [0.1, 0.15) is 70.6 Å². The third-order valence-corrected chi connectivity index (χ3v) is 5.99. The number of hydrogen-bond acceptors (Lipinski definition) is 6. The molecule has 2 saturated carbocycles. The van der Waals surface area contributed by atoms with Crippen molar-refractivity contribution in [2.24, 2.45) is 11.8 Å². The average Bonchev–Trinajstić information content (AvgIpc) is 2.67. The van der Waals surface area contributed by atoms with Crippen LogP contribution in [-0.2, 0) is 14.3 Å². The number of amides is 1. The molecule has 2 unspecified atom stereocenters. The topological polar surface area (TPSA) is 105 Å². The maximum absolute atomic E-state index is 14.0. The highest BCUT2D eigenvalue weighted by Crippen LogP contribution is 2.37. The Balaban J connectivity index is 1.58. The van der Waals surface area contributed by atoms with Gasteiger partial charge in [-0.3, -0.25) is 10.1 Å². The number of hydrogen-bond donors (Lipinski definition) is 3. The summed E-state index contributed by atoms with van der Waals surface area (Å²) in [5.74, 6) is 1.28. The monoisotopic (exact) mass is 419 g/mol. The normalized spacial score (nSPS) is 23.4. The molecule has 9 heteroatoms. The predicted octanol–water partition coefficient (Wildman–Crippen LogP) is 4.24. The molecule has 3 N–H and O–H groups in total.